The van der Waals surface area contributed by atoms with Crippen LogP contribution in [0, 0.1) is 5.82 Å². The fourth-order valence-electron chi connectivity index (χ4n) is 3.01. The van der Waals surface area contributed by atoms with Crippen molar-refractivity contribution in [2.75, 3.05) is 52.2 Å². The van der Waals surface area contributed by atoms with E-state index in [9.17, 15) is 8.60 Å². The second-order valence-electron chi connectivity index (χ2n) is 7.76. The van der Waals surface area contributed by atoms with Crippen molar-refractivity contribution < 1.29 is 13.3 Å². The van der Waals surface area contributed by atoms with Crippen LogP contribution in [0.25, 0.3) is 0 Å². The molecule has 2 atom stereocenters. The molecular formula is C20H33FN4O2S. The van der Waals surface area contributed by atoms with Crippen molar-refractivity contribution in [3.05, 3.63) is 35.6 Å². The Morgan fingerprint density at radius 2 is 1.89 bits per heavy atom. The predicted molar refractivity (Wildman–Crippen MR) is 114 cm³/mol. The molecule has 1 aromatic carbocycles. The van der Waals surface area contributed by atoms with E-state index in [-0.39, 0.29) is 16.6 Å². The highest BCUT2D eigenvalue weighted by Crippen LogP contribution is 2.21. The van der Waals surface area contributed by atoms with Crippen LogP contribution in [-0.4, -0.2) is 72.0 Å². The highest BCUT2D eigenvalue weighted by atomic mass is 32.2. The van der Waals surface area contributed by atoms with Crippen LogP contribution in [0.15, 0.2) is 29.3 Å². The molecule has 1 aliphatic rings. The molecule has 1 fully saturated rings. The Hall–Kier alpha value is -1.51. The first-order valence-electron chi connectivity index (χ1n) is 9.71. The van der Waals surface area contributed by atoms with Gasteiger partial charge in [0.15, 0.2) is 5.96 Å². The van der Waals surface area contributed by atoms with Gasteiger partial charge in [0.1, 0.15) is 5.82 Å². The number of nitrogens with zero attached hydrogens (tertiary/aromatic N) is 2. The smallest absolute Gasteiger partial charge is 0.191 e. The zero-order valence-corrected chi connectivity index (χ0v) is 18.2. The second kappa shape index (κ2) is 10.9. The summed E-state index contributed by atoms with van der Waals surface area (Å²) in [5.74, 6) is 1.00. The second-order valence-corrected chi connectivity index (χ2v) is 10.1. The minimum absolute atomic E-state index is 0.0896. The van der Waals surface area contributed by atoms with Crippen LogP contribution in [0.3, 0.4) is 0 Å². The maximum atomic E-state index is 13.3. The summed E-state index contributed by atoms with van der Waals surface area (Å²) in [6, 6.07) is 6.75. The summed E-state index contributed by atoms with van der Waals surface area (Å²) in [6.07, 6.45) is 0. The van der Waals surface area contributed by atoms with Crippen LogP contribution in [0.5, 0.6) is 0 Å². The number of aliphatic imine (C=N–C) groups is 1. The van der Waals surface area contributed by atoms with Gasteiger partial charge in [-0.3, -0.25) is 14.1 Å². The molecule has 0 radical (unpaired) electrons. The average molecular weight is 413 g/mol. The van der Waals surface area contributed by atoms with Crippen molar-refractivity contribution in [1.29, 1.82) is 0 Å². The standard InChI is InChI=1S/C20H33FN4O2S/c1-20(2,3)28(26)14-9-23-19(22-4)24-15-18(25-10-12-27-13-11-25)16-5-7-17(21)8-6-16/h5-8,18H,9-15H2,1-4H3,(H2,22,23,24). The van der Waals surface area contributed by atoms with Crippen molar-refractivity contribution in [1.82, 2.24) is 15.5 Å². The van der Waals surface area contributed by atoms with Gasteiger partial charge in [-0.25, -0.2) is 4.39 Å². The number of rotatable bonds is 7. The van der Waals surface area contributed by atoms with Crippen LogP contribution in [-0.2, 0) is 15.5 Å². The summed E-state index contributed by atoms with van der Waals surface area (Å²) >= 11 is 0. The molecule has 8 heteroatoms. The van der Waals surface area contributed by atoms with E-state index in [1.807, 2.05) is 32.9 Å². The fraction of sp³-hybridized carbons (Fsp3) is 0.650. The van der Waals surface area contributed by atoms with Crippen molar-refractivity contribution >= 4 is 16.8 Å². The molecule has 0 spiro atoms. The highest BCUT2D eigenvalue weighted by molar-refractivity contribution is 7.86. The summed E-state index contributed by atoms with van der Waals surface area (Å²) in [7, 11) is 0.813. The molecule has 1 saturated heterocycles. The van der Waals surface area contributed by atoms with Crippen molar-refractivity contribution in [2.24, 2.45) is 4.99 Å². The molecule has 2 rings (SSSR count). The number of hydrogen-bond donors (Lipinski definition) is 2. The fourth-order valence-corrected chi connectivity index (χ4v) is 3.91. The molecular weight excluding hydrogens is 379 g/mol. The Kier molecular flexibility index (Phi) is 8.85. The Labute approximate surface area is 170 Å². The van der Waals surface area contributed by atoms with Gasteiger partial charge < -0.3 is 15.4 Å². The minimum atomic E-state index is -0.907. The summed E-state index contributed by atoms with van der Waals surface area (Å²) < 4.78 is 30.8. The number of benzene rings is 1. The lowest BCUT2D eigenvalue weighted by molar-refractivity contribution is 0.0170. The van der Waals surface area contributed by atoms with E-state index in [1.165, 1.54) is 12.1 Å². The van der Waals surface area contributed by atoms with Gasteiger partial charge in [0, 0.05) is 54.5 Å². The number of halogens is 1. The zero-order valence-electron chi connectivity index (χ0n) is 17.3. The lowest BCUT2D eigenvalue weighted by Crippen LogP contribution is -2.47. The van der Waals surface area contributed by atoms with Crippen molar-refractivity contribution in [3.63, 3.8) is 0 Å². The summed E-state index contributed by atoms with van der Waals surface area (Å²) in [4.78, 5) is 6.60. The maximum absolute atomic E-state index is 13.3. The summed E-state index contributed by atoms with van der Waals surface area (Å²) in [5, 5.41) is 6.59. The monoisotopic (exact) mass is 412 g/mol. The lowest BCUT2D eigenvalue weighted by atomic mass is 10.0. The van der Waals surface area contributed by atoms with Crippen LogP contribution in [0.2, 0.25) is 0 Å². The summed E-state index contributed by atoms with van der Waals surface area (Å²) in [5.41, 5.74) is 1.06. The van der Waals surface area contributed by atoms with Gasteiger partial charge in [-0.05, 0) is 38.5 Å². The normalized spacial score (nSPS) is 18.5. The Balaban J connectivity index is 1.95. The SMILES string of the molecule is CN=C(NCCS(=O)C(C)(C)C)NCC(c1ccc(F)cc1)N1CCOCC1. The number of nitrogens with one attached hydrogen (secondary N) is 2. The first-order valence-corrected chi connectivity index (χ1v) is 11.0. The number of ether oxygens (including phenoxy) is 1. The molecule has 2 N–H and O–H groups in total. The Bertz CT molecular complexity index is 655. The van der Waals surface area contributed by atoms with E-state index in [1.54, 1.807) is 7.05 Å². The summed E-state index contributed by atoms with van der Waals surface area (Å²) in [6.45, 7) is 10.2. The van der Waals surface area contributed by atoms with Crippen LogP contribution < -0.4 is 10.6 Å². The molecule has 0 aromatic heterocycles. The van der Waals surface area contributed by atoms with Gasteiger partial charge >= 0.3 is 0 Å². The first-order chi connectivity index (χ1) is 13.3. The highest BCUT2D eigenvalue weighted by Gasteiger charge is 2.23. The molecule has 1 aliphatic heterocycles. The molecule has 1 heterocycles. The third-order valence-corrected chi connectivity index (χ3v) is 6.63. The van der Waals surface area contributed by atoms with Gasteiger partial charge in [0.25, 0.3) is 0 Å². The van der Waals surface area contributed by atoms with Gasteiger partial charge in [0.05, 0.1) is 19.3 Å². The topological polar surface area (TPSA) is 66.0 Å². The number of guanidine groups is 1. The van der Waals surface area contributed by atoms with Gasteiger partial charge in [-0.2, -0.15) is 0 Å². The third-order valence-electron chi connectivity index (χ3n) is 4.69. The predicted octanol–water partition coefficient (Wildman–Crippen LogP) is 1.91. The average Bonchev–Trinajstić information content (AvgIpc) is 2.68. The van der Waals surface area contributed by atoms with E-state index in [4.69, 9.17) is 4.74 Å². The maximum Gasteiger partial charge on any atom is 0.191 e. The van der Waals surface area contributed by atoms with E-state index < -0.39 is 10.8 Å². The van der Waals surface area contributed by atoms with Crippen molar-refractivity contribution in [2.45, 2.75) is 31.6 Å². The van der Waals surface area contributed by atoms with E-state index >= 15 is 0 Å². The number of morpholine rings is 1. The molecule has 0 saturated carbocycles. The van der Waals surface area contributed by atoms with E-state index in [0.29, 0.717) is 38.0 Å². The first kappa shape index (κ1) is 22.8. The number of hydrogen-bond acceptors (Lipinski definition) is 4. The minimum Gasteiger partial charge on any atom is -0.379 e. The largest absolute Gasteiger partial charge is 0.379 e. The Morgan fingerprint density at radius 1 is 1.25 bits per heavy atom. The molecule has 28 heavy (non-hydrogen) atoms. The molecule has 0 aliphatic carbocycles. The Morgan fingerprint density at radius 3 is 2.46 bits per heavy atom. The third kappa shape index (κ3) is 7.14. The molecule has 158 valence electrons. The van der Waals surface area contributed by atoms with Crippen LogP contribution in [0.4, 0.5) is 4.39 Å². The van der Waals surface area contributed by atoms with Crippen molar-refractivity contribution in [3.8, 4) is 0 Å². The molecule has 2 unspecified atom stereocenters. The van der Waals surface area contributed by atoms with Gasteiger partial charge in [0.2, 0.25) is 0 Å². The van der Waals surface area contributed by atoms with E-state index in [0.717, 1.165) is 18.7 Å². The molecule has 6 nitrogen and oxygen atoms in total. The van der Waals surface area contributed by atoms with Crippen LogP contribution >= 0.6 is 0 Å². The van der Waals surface area contributed by atoms with Gasteiger partial charge in [-0.15, -0.1) is 0 Å². The van der Waals surface area contributed by atoms with Crippen LogP contribution in [0.1, 0.15) is 32.4 Å². The molecule has 0 amide bonds. The van der Waals surface area contributed by atoms with Gasteiger partial charge in [-0.1, -0.05) is 12.1 Å². The zero-order chi connectivity index (χ0) is 20.6. The molecule has 1 aromatic rings. The lowest BCUT2D eigenvalue weighted by Gasteiger charge is -2.35. The quantitative estimate of drug-likeness (QED) is 0.529. The molecule has 0 bridgehead atoms. The van der Waals surface area contributed by atoms with E-state index in [2.05, 4.69) is 20.5 Å².